The van der Waals surface area contributed by atoms with Crippen molar-refractivity contribution >= 4 is 34.1 Å². The molecular weight excluding hydrogens is 564 g/mol. The molecule has 1 saturated heterocycles. The molecule has 12 nitrogen and oxygen atoms in total. The standard InChI is InChI=1S/C29H25F2N7O5/c1-42-27(40)21-6-3-10-35(21)24(39)14-36-23-13-32-28(37-15-33-19-8-7-16(30)12-22(19)37)34-26(23)38(29(36)41)20-9-11-43-25-17(20)4-2-5-18(25)31/h2,4-5,7-8,12-13,15,20-21H,3,6,9-11,14H2,1H3. The maximum absolute atomic E-state index is 14.7. The molecule has 2 unspecified atom stereocenters. The summed E-state index contributed by atoms with van der Waals surface area (Å²) in [6.45, 7) is 0.120. The summed E-state index contributed by atoms with van der Waals surface area (Å²) >= 11 is 0. The van der Waals surface area contributed by atoms with E-state index >= 15 is 0 Å². The number of hydrogen-bond donors (Lipinski definition) is 0. The van der Waals surface area contributed by atoms with E-state index < -0.39 is 41.3 Å². The number of amides is 1. The second kappa shape index (κ2) is 10.3. The van der Waals surface area contributed by atoms with Crippen molar-refractivity contribution in [2.24, 2.45) is 0 Å². The Morgan fingerprint density at radius 2 is 1.98 bits per heavy atom. The zero-order chi connectivity index (χ0) is 29.8. The van der Waals surface area contributed by atoms with Crippen molar-refractivity contribution in [2.45, 2.75) is 37.9 Å². The number of carbonyl (C=O) groups is 2. The molecule has 2 atom stereocenters. The number of imidazole rings is 2. The first-order valence-electron chi connectivity index (χ1n) is 13.7. The fourth-order valence-corrected chi connectivity index (χ4v) is 6.05. The Labute approximate surface area is 242 Å². The molecule has 5 aromatic rings. The lowest BCUT2D eigenvalue weighted by Crippen LogP contribution is -2.44. The summed E-state index contributed by atoms with van der Waals surface area (Å²) < 4.78 is 43.5. The molecular formula is C29H25F2N7O5. The number of likely N-dealkylation sites (tertiary alicyclic amines) is 1. The number of nitrogens with zero attached hydrogens (tertiary/aromatic N) is 7. The molecule has 2 aliphatic heterocycles. The van der Waals surface area contributed by atoms with E-state index in [2.05, 4.69) is 9.97 Å². The smallest absolute Gasteiger partial charge is 0.331 e. The van der Waals surface area contributed by atoms with Gasteiger partial charge in [0, 0.05) is 24.6 Å². The zero-order valence-electron chi connectivity index (χ0n) is 22.9. The molecule has 2 aromatic carbocycles. The van der Waals surface area contributed by atoms with Gasteiger partial charge in [-0.25, -0.2) is 28.3 Å². The van der Waals surface area contributed by atoms with E-state index in [9.17, 15) is 23.2 Å². The summed E-state index contributed by atoms with van der Waals surface area (Å²) in [5.41, 5.74) is 1.28. The molecule has 0 radical (unpaired) electrons. The van der Waals surface area contributed by atoms with Crippen molar-refractivity contribution < 1.29 is 27.8 Å². The van der Waals surface area contributed by atoms with Crippen molar-refractivity contribution in [3.8, 4) is 11.7 Å². The van der Waals surface area contributed by atoms with Gasteiger partial charge in [-0.3, -0.25) is 18.5 Å². The van der Waals surface area contributed by atoms with Gasteiger partial charge in [0.15, 0.2) is 17.2 Å². The van der Waals surface area contributed by atoms with E-state index in [4.69, 9.17) is 14.5 Å². The second-order valence-electron chi connectivity index (χ2n) is 10.4. The normalized spacial score (nSPS) is 18.2. The number of fused-ring (bicyclic) bond motifs is 3. The molecule has 1 amide bonds. The van der Waals surface area contributed by atoms with Crippen LogP contribution < -0.4 is 10.4 Å². The fourth-order valence-electron chi connectivity index (χ4n) is 6.05. The number of esters is 1. The van der Waals surface area contributed by atoms with Crippen LogP contribution >= 0.6 is 0 Å². The van der Waals surface area contributed by atoms with E-state index in [1.807, 2.05) is 0 Å². The van der Waals surface area contributed by atoms with Crippen LogP contribution in [-0.2, 0) is 20.9 Å². The average molecular weight is 590 g/mol. The van der Waals surface area contributed by atoms with Gasteiger partial charge in [-0.1, -0.05) is 12.1 Å². The Morgan fingerprint density at radius 3 is 2.81 bits per heavy atom. The predicted octanol–water partition coefficient (Wildman–Crippen LogP) is 2.75. The first-order valence-corrected chi connectivity index (χ1v) is 13.7. The first kappa shape index (κ1) is 26.7. The Bertz CT molecular complexity index is 1980. The van der Waals surface area contributed by atoms with E-state index in [0.717, 1.165) is 0 Å². The van der Waals surface area contributed by atoms with Crippen LogP contribution in [0, 0.1) is 11.6 Å². The van der Waals surface area contributed by atoms with Gasteiger partial charge in [-0.05, 0) is 31.0 Å². The zero-order valence-corrected chi connectivity index (χ0v) is 22.9. The van der Waals surface area contributed by atoms with Crippen molar-refractivity contribution in [3.63, 3.8) is 0 Å². The average Bonchev–Trinajstić information content (AvgIpc) is 3.73. The SMILES string of the molecule is COC(=O)C1CCCN1C(=O)Cn1c(=O)n(C2CCOc3c(F)cccc32)c2nc(-n3cnc4ccc(F)cc43)ncc21. The summed E-state index contributed by atoms with van der Waals surface area (Å²) in [6.07, 6.45) is 4.29. The first-order chi connectivity index (χ1) is 20.9. The molecule has 43 heavy (non-hydrogen) atoms. The Hall–Kier alpha value is -5.14. The van der Waals surface area contributed by atoms with Gasteiger partial charge in [-0.15, -0.1) is 0 Å². The lowest BCUT2D eigenvalue weighted by Gasteiger charge is -2.27. The summed E-state index contributed by atoms with van der Waals surface area (Å²) in [7, 11) is 1.27. The Morgan fingerprint density at radius 1 is 1.12 bits per heavy atom. The number of halogens is 2. The lowest BCUT2D eigenvalue weighted by molar-refractivity contribution is -0.151. The number of carbonyl (C=O) groups excluding carboxylic acids is 2. The highest BCUT2D eigenvalue weighted by molar-refractivity contribution is 5.86. The van der Waals surface area contributed by atoms with Gasteiger partial charge in [0.2, 0.25) is 11.9 Å². The molecule has 14 heteroatoms. The highest BCUT2D eigenvalue weighted by atomic mass is 19.1. The molecule has 0 bridgehead atoms. The molecule has 0 aliphatic carbocycles. The second-order valence-corrected chi connectivity index (χ2v) is 10.4. The molecule has 5 heterocycles. The van der Waals surface area contributed by atoms with Crippen LogP contribution in [-0.4, -0.2) is 71.7 Å². The van der Waals surface area contributed by atoms with Gasteiger partial charge >= 0.3 is 11.7 Å². The van der Waals surface area contributed by atoms with Crippen LogP contribution in [0.25, 0.3) is 28.1 Å². The Kier molecular flexibility index (Phi) is 6.40. The summed E-state index contributed by atoms with van der Waals surface area (Å²) in [6, 6.07) is 7.24. The number of hydrogen-bond acceptors (Lipinski definition) is 8. The van der Waals surface area contributed by atoms with Gasteiger partial charge in [0.25, 0.3) is 0 Å². The van der Waals surface area contributed by atoms with E-state index in [-0.39, 0.29) is 36.0 Å². The highest BCUT2D eigenvalue weighted by Crippen LogP contribution is 2.37. The van der Waals surface area contributed by atoms with Crippen LogP contribution in [0.15, 0.2) is 53.7 Å². The van der Waals surface area contributed by atoms with E-state index in [1.54, 1.807) is 6.07 Å². The van der Waals surface area contributed by atoms with Gasteiger partial charge < -0.3 is 14.4 Å². The van der Waals surface area contributed by atoms with Crippen LogP contribution in [0.1, 0.15) is 30.9 Å². The molecule has 2 aliphatic rings. The Balaban J connectivity index is 1.39. The van der Waals surface area contributed by atoms with Crippen LogP contribution in [0.4, 0.5) is 8.78 Å². The van der Waals surface area contributed by atoms with Gasteiger partial charge in [0.05, 0.1) is 37.0 Å². The largest absolute Gasteiger partial charge is 0.490 e. The van der Waals surface area contributed by atoms with Crippen molar-refractivity contribution in [2.75, 3.05) is 20.3 Å². The maximum Gasteiger partial charge on any atom is 0.331 e. The summed E-state index contributed by atoms with van der Waals surface area (Å²) in [5, 5.41) is 0. The molecule has 220 valence electrons. The molecule has 0 saturated carbocycles. The van der Waals surface area contributed by atoms with Crippen LogP contribution in [0.2, 0.25) is 0 Å². The maximum atomic E-state index is 14.7. The third-order valence-electron chi connectivity index (χ3n) is 8.06. The number of benzene rings is 2. The highest BCUT2D eigenvalue weighted by Gasteiger charge is 2.36. The number of methoxy groups -OCH3 is 1. The molecule has 1 fully saturated rings. The number of para-hydroxylation sites is 1. The van der Waals surface area contributed by atoms with Crippen LogP contribution in [0.3, 0.4) is 0 Å². The van der Waals surface area contributed by atoms with Gasteiger partial charge in [-0.2, -0.15) is 4.98 Å². The molecule has 0 spiro atoms. The van der Waals surface area contributed by atoms with Crippen molar-refractivity contribution in [1.82, 2.24) is 33.6 Å². The van der Waals surface area contributed by atoms with Gasteiger partial charge in [0.1, 0.15) is 30.2 Å². The quantitative estimate of drug-likeness (QED) is 0.287. The lowest BCUT2D eigenvalue weighted by atomic mass is 10.00. The third kappa shape index (κ3) is 4.32. The molecule has 7 rings (SSSR count). The predicted molar refractivity (Wildman–Crippen MR) is 148 cm³/mol. The van der Waals surface area contributed by atoms with E-state index in [0.29, 0.717) is 42.4 Å². The minimum absolute atomic E-state index is 0.0472. The van der Waals surface area contributed by atoms with Crippen molar-refractivity contribution in [1.29, 1.82) is 0 Å². The molecule has 3 aromatic heterocycles. The van der Waals surface area contributed by atoms with Crippen LogP contribution in [0.5, 0.6) is 5.75 Å². The topological polar surface area (TPSA) is 126 Å². The minimum atomic E-state index is -0.732. The van der Waals surface area contributed by atoms with Crippen molar-refractivity contribution in [3.05, 3.63) is 76.6 Å². The summed E-state index contributed by atoms with van der Waals surface area (Å²) in [4.78, 5) is 54.8. The molecule has 0 N–H and O–H groups in total. The summed E-state index contributed by atoms with van der Waals surface area (Å²) in [5.74, 6) is -1.81. The number of rotatable bonds is 5. The monoisotopic (exact) mass is 589 g/mol. The third-order valence-corrected chi connectivity index (χ3v) is 8.06. The fraction of sp³-hybridized carbons (Fsp3) is 0.310. The number of aromatic nitrogens is 6. The number of ether oxygens (including phenoxy) is 2. The van der Waals surface area contributed by atoms with E-state index in [1.165, 1.54) is 68.6 Å². The minimum Gasteiger partial charge on any atom is -0.490 e.